The molecule has 1 amide bonds. The minimum Gasteiger partial charge on any atom is -0.497 e. The van der Waals surface area contributed by atoms with Gasteiger partial charge >= 0.3 is 6.09 Å². The summed E-state index contributed by atoms with van der Waals surface area (Å²) in [4.78, 5) is 29.2. The first-order chi connectivity index (χ1) is 18.7. The number of hydrogen-bond acceptors (Lipinski definition) is 7. The van der Waals surface area contributed by atoms with E-state index in [1.807, 2.05) is 36.7 Å². The van der Waals surface area contributed by atoms with Crippen molar-refractivity contribution >= 4 is 11.8 Å². The molecule has 38 heavy (non-hydrogen) atoms. The lowest BCUT2D eigenvalue weighted by Gasteiger charge is -2.49. The molecule has 1 aromatic carbocycles. The van der Waals surface area contributed by atoms with E-state index in [0.717, 1.165) is 43.1 Å². The van der Waals surface area contributed by atoms with E-state index in [1.54, 1.807) is 19.2 Å². The van der Waals surface area contributed by atoms with Gasteiger partial charge in [0.15, 0.2) is 5.82 Å². The van der Waals surface area contributed by atoms with Gasteiger partial charge in [-0.2, -0.15) is 0 Å². The highest BCUT2D eigenvalue weighted by atomic mass is 16.5. The Bertz CT molecular complexity index is 1250. The minimum absolute atomic E-state index is 0.238. The normalized spacial score (nSPS) is 24.8. The number of rotatable bonds is 7. The molecule has 2 aromatic heterocycles. The number of aromatic nitrogens is 3. The molecular weight excluding hydrogens is 478 g/mol. The standard InChI is InChI=1S/C30H35N5O3/c1-37-25-8-6-23(7-9-25)32-30(36)38-19-24-16-22-12-15-35(24)18-26(22)28-17-27(20-4-2-3-5-20)33-29(34-28)21-10-13-31-14-11-21/h6-11,13-14,17,20,22,24,26H,2-5,12,15-16,18-19H2,1H3,(H,32,36)/t22-,24+,26-/m0/s1. The Balaban J connectivity index is 1.13. The van der Waals surface area contributed by atoms with Gasteiger partial charge in [-0.05, 0) is 80.6 Å². The fourth-order valence-electron chi connectivity index (χ4n) is 6.38. The number of hydrogen-bond donors (Lipinski definition) is 1. The van der Waals surface area contributed by atoms with Crippen LogP contribution in [0.2, 0.25) is 0 Å². The highest BCUT2D eigenvalue weighted by Gasteiger charge is 2.42. The first kappa shape index (κ1) is 24.8. The number of nitrogens with zero attached hydrogens (tertiary/aromatic N) is 4. The smallest absolute Gasteiger partial charge is 0.411 e. The summed E-state index contributed by atoms with van der Waals surface area (Å²) in [7, 11) is 1.62. The van der Waals surface area contributed by atoms with Crippen LogP contribution in [0.1, 0.15) is 61.7 Å². The van der Waals surface area contributed by atoms with E-state index in [0.29, 0.717) is 30.0 Å². The molecule has 2 bridgehead atoms. The van der Waals surface area contributed by atoms with Crippen molar-refractivity contribution in [1.82, 2.24) is 19.9 Å². The van der Waals surface area contributed by atoms with E-state index < -0.39 is 6.09 Å². The summed E-state index contributed by atoms with van der Waals surface area (Å²) >= 11 is 0. The van der Waals surface area contributed by atoms with E-state index in [2.05, 4.69) is 21.3 Å². The number of pyridine rings is 1. The van der Waals surface area contributed by atoms with E-state index in [1.165, 1.54) is 37.1 Å². The van der Waals surface area contributed by atoms with E-state index >= 15 is 0 Å². The van der Waals surface area contributed by atoms with Crippen molar-refractivity contribution in [3.8, 4) is 17.1 Å². The Hall–Kier alpha value is -3.52. The zero-order valence-corrected chi connectivity index (χ0v) is 21.9. The van der Waals surface area contributed by atoms with Crippen molar-refractivity contribution in [3.63, 3.8) is 0 Å². The molecule has 3 saturated heterocycles. The van der Waals surface area contributed by atoms with Gasteiger partial charge in [0.1, 0.15) is 12.4 Å². The summed E-state index contributed by atoms with van der Waals surface area (Å²) in [5.74, 6) is 2.99. The fraction of sp³-hybridized carbons (Fsp3) is 0.467. The number of benzene rings is 1. The number of carbonyl (C=O) groups is 1. The summed E-state index contributed by atoms with van der Waals surface area (Å²) in [5, 5.41) is 2.81. The molecule has 0 spiro atoms. The molecule has 8 nitrogen and oxygen atoms in total. The third-order valence-electron chi connectivity index (χ3n) is 8.48. The van der Waals surface area contributed by atoms with Crippen molar-refractivity contribution < 1.29 is 14.3 Å². The van der Waals surface area contributed by atoms with Crippen LogP contribution in [0.25, 0.3) is 11.4 Å². The van der Waals surface area contributed by atoms with Gasteiger partial charge in [-0.25, -0.2) is 14.8 Å². The molecule has 0 radical (unpaired) electrons. The zero-order valence-electron chi connectivity index (χ0n) is 21.9. The fourth-order valence-corrected chi connectivity index (χ4v) is 6.38. The second-order valence-corrected chi connectivity index (χ2v) is 10.8. The lowest BCUT2D eigenvalue weighted by molar-refractivity contribution is -0.00149. The largest absolute Gasteiger partial charge is 0.497 e. The predicted molar refractivity (Wildman–Crippen MR) is 145 cm³/mol. The lowest BCUT2D eigenvalue weighted by atomic mass is 9.74. The van der Waals surface area contributed by atoms with Gasteiger partial charge in [-0.1, -0.05) is 12.8 Å². The van der Waals surface area contributed by atoms with Crippen molar-refractivity contribution in [2.75, 3.05) is 32.1 Å². The monoisotopic (exact) mass is 513 g/mol. The van der Waals surface area contributed by atoms with E-state index in [4.69, 9.17) is 19.4 Å². The van der Waals surface area contributed by atoms with Crippen LogP contribution in [-0.4, -0.2) is 58.8 Å². The minimum atomic E-state index is -0.423. The van der Waals surface area contributed by atoms with Crippen LogP contribution in [-0.2, 0) is 4.74 Å². The average Bonchev–Trinajstić information content (AvgIpc) is 3.52. The van der Waals surface area contributed by atoms with Crippen LogP contribution in [0.5, 0.6) is 5.75 Å². The maximum atomic E-state index is 12.4. The van der Waals surface area contributed by atoms with Gasteiger partial charge in [0, 0.05) is 59.5 Å². The zero-order chi connectivity index (χ0) is 25.9. The summed E-state index contributed by atoms with van der Waals surface area (Å²) in [6, 6.07) is 13.8. The molecule has 1 aliphatic carbocycles. The summed E-state index contributed by atoms with van der Waals surface area (Å²) < 4.78 is 10.8. The lowest BCUT2D eigenvalue weighted by Crippen LogP contribution is -2.54. The van der Waals surface area contributed by atoms with Crippen LogP contribution in [0.4, 0.5) is 10.5 Å². The third-order valence-corrected chi connectivity index (χ3v) is 8.48. The second-order valence-electron chi connectivity index (χ2n) is 10.8. The molecular formula is C30H35N5O3. The van der Waals surface area contributed by atoms with Crippen molar-refractivity contribution in [2.45, 2.75) is 56.4 Å². The number of carbonyl (C=O) groups excluding carboxylic acids is 1. The van der Waals surface area contributed by atoms with Crippen LogP contribution < -0.4 is 10.1 Å². The highest BCUT2D eigenvalue weighted by molar-refractivity contribution is 5.84. The van der Waals surface area contributed by atoms with Crippen molar-refractivity contribution in [3.05, 3.63) is 66.2 Å². The summed E-state index contributed by atoms with van der Waals surface area (Å²) in [6.07, 6.45) is 10.3. The number of amides is 1. The molecule has 1 unspecified atom stereocenters. The molecule has 198 valence electrons. The Kier molecular flexibility index (Phi) is 7.22. The number of anilines is 1. The molecule has 1 saturated carbocycles. The predicted octanol–water partition coefficient (Wildman–Crippen LogP) is 5.63. The van der Waals surface area contributed by atoms with Gasteiger partial charge in [-0.3, -0.25) is 15.2 Å². The first-order valence-electron chi connectivity index (χ1n) is 13.8. The van der Waals surface area contributed by atoms with Gasteiger partial charge in [0.05, 0.1) is 7.11 Å². The molecule has 3 aliphatic heterocycles. The van der Waals surface area contributed by atoms with Gasteiger partial charge in [-0.15, -0.1) is 0 Å². The van der Waals surface area contributed by atoms with E-state index in [9.17, 15) is 4.79 Å². The summed E-state index contributed by atoms with van der Waals surface area (Å²) in [5.41, 5.74) is 4.08. The maximum Gasteiger partial charge on any atom is 0.411 e. The number of methoxy groups -OCH3 is 1. The Morgan fingerprint density at radius 3 is 2.50 bits per heavy atom. The van der Waals surface area contributed by atoms with Crippen molar-refractivity contribution in [1.29, 1.82) is 0 Å². The van der Waals surface area contributed by atoms with Crippen LogP contribution in [0, 0.1) is 5.92 Å². The highest BCUT2D eigenvalue weighted by Crippen LogP contribution is 2.43. The molecule has 8 heteroatoms. The van der Waals surface area contributed by atoms with Crippen LogP contribution >= 0.6 is 0 Å². The molecule has 4 atom stereocenters. The Morgan fingerprint density at radius 1 is 1.03 bits per heavy atom. The average molecular weight is 514 g/mol. The number of fused-ring (bicyclic) bond motifs is 3. The molecule has 1 N–H and O–H groups in total. The quantitative estimate of drug-likeness (QED) is 0.438. The molecule has 7 rings (SSSR count). The number of nitrogens with one attached hydrogen (secondary N) is 1. The van der Waals surface area contributed by atoms with Gasteiger partial charge in [0.2, 0.25) is 0 Å². The third kappa shape index (κ3) is 5.36. The SMILES string of the molecule is COc1ccc(NC(=O)OC[C@H]2C[C@@H]3CCN2C[C@@H]3c2cc(C3CCCC3)nc(-c3ccncc3)n2)cc1. The van der Waals surface area contributed by atoms with Gasteiger partial charge in [0.25, 0.3) is 0 Å². The first-order valence-corrected chi connectivity index (χ1v) is 13.8. The van der Waals surface area contributed by atoms with Crippen LogP contribution in [0.15, 0.2) is 54.9 Å². The second kappa shape index (κ2) is 11.1. The molecule has 4 fully saturated rings. The number of ether oxygens (including phenoxy) is 2. The molecule has 3 aromatic rings. The topological polar surface area (TPSA) is 89.5 Å². The maximum absolute atomic E-state index is 12.4. The van der Waals surface area contributed by atoms with Crippen LogP contribution in [0.3, 0.4) is 0 Å². The Labute approximate surface area is 223 Å². The molecule has 4 aliphatic rings. The van der Waals surface area contributed by atoms with E-state index in [-0.39, 0.29) is 6.04 Å². The molecule has 5 heterocycles. The number of piperidine rings is 3. The van der Waals surface area contributed by atoms with Gasteiger partial charge < -0.3 is 9.47 Å². The Morgan fingerprint density at radius 2 is 1.79 bits per heavy atom. The van der Waals surface area contributed by atoms with Crippen molar-refractivity contribution in [2.24, 2.45) is 5.92 Å². The summed E-state index contributed by atoms with van der Waals surface area (Å²) in [6.45, 7) is 2.37.